The highest BCUT2D eigenvalue weighted by Crippen LogP contribution is 2.35. The van der Waals surface area contributed by atoms with Crippen LogP contribution in [0.2, 0.25) is 0 Å². The van der Waals surface area contributed by atoms with Gasteiger partial charge in [-0.15, -0.1) is 0 Å². The molecule has 1 saturated heterocycles. The van der Waals surface area contributed by atoms with E-state index in [0.29, 0.717) is 48.9 Å². The van der Waals surface area contributed by atoms with Gasteiger partial charge in [-0.25, -0.2) is 4.98 Å². The fourth-order valence-electron chi connectivity index (χ4n) is 3.87. The van der Waals surface area contributed by atoms with Crippen LogP contribution in [0, 0.1) is 0 Å². The Morgan fingerprint density at radius 1 is 1.03 bits per heavy atom. The number of benzene rings is 1. The highest BCUT2D eigenvalue weighted by Gasteiger charge is 2.35. The maximum atomic E-state index is 11.1. The van der Waals surface area contributed by atoms with Crippen LogP contribution >= 0.6 is 0 Å². The van der Waals surface area contributed by atoms with Gasteiger partial charge in [0.05, 0.1) is 17.5 Å². The Labute approximate surface area is 172 Å². The SMILES string of the molecule is Nc1nc(N2CCC(O)(c3ccc(O)cc3)CC2)nc2c1ncn2-c1cccnc1. The van der Waals surface area contributed by atoms with Crippen LogP contribution in [0.15, 0.2) is 55.1 Å². The zero-order valence-electron chi connectivity index (χ0n) is 16.2. The predicted molar refractivity (Wildman–Crippen MR) is 112 cm³/mol. The molecular weight excluding hydrogens is 382 g/mol. The summed E-state index contributed by atoms with van der Waals surface area (Å²) in [5.74, 6) is 1.01. The van der Waals surface area contributed by atoms with Gasteiger partial charge in [-0.05, 0) is 42.7 Å². The van der Waals surface area contributed by atoms with E-state index in [0.717, 1.165) is 11.3 Å². The van der Waals surface area contributed by atoms with Gasteiger partial charge in [0.15, 0.2) is 17.0 Å². The molecule has 9 heteroatoms. The third kappa shape index (κ3) is 3.09. The number of pyridine rings is 1. The summed E-state index contributed by atoms with van der Waals surface area (Å²) in [6, 6.07) is 10.5. The quantitative estimate of drug-likeness (QED) is 0.474. The number of fused-ring (bicyclic) bond motifs is 1. The van der Waals surface area contributed by atoms with Crippen molar-refractivity contribution in [2.75, 3.05) is 23.7 Å². The molecule has 9 nitrogen and oxygen atoms in total. The molecule has 0 atom stereocenters. The fourth-order valence-corrected chi connectivity index (χ4v) is 3.87. The summed E-state index contributed by atoms with van der Waals surface area (Å²) in [6.07, 6.45) is 6.14. The predicted octanol–water partition coefficient (Wildman–Crippen LogP) is 1.99. The fraction of sp³-hybridized carbons (Fsp3) is 0.238. The van der Waals surface area contributed by atoms with Crippen LogP contribution in [0.3, 0.4) is 0 Å². The van der Waals surface area contributed by atoms with Crippen LogP contribution in [0.25, 0.3) is 16.9 Å². The lowest BCUT2D eigenvalue weighted by atomic mass is 9.84. The average Bonchev–Trinajstić information content (AvgIpc) is 3.20. The number of nitrogens with zero attached hydrogens (tertiary/aromatic N) is 6. The molecule has 5 rings (SSSR count). The standard InChI is InChI=1S/C21H21N7O2/c22-18-17-19(28(13-24-17)15-2-1-9-23-12-15)26-20(25-18)27-10-7-21(30,8-11-27)14-3-5-16(29)6-4-14/h1-6,9,12-13,29-30H,7-8,10-11H2,(H2,22,25,26). The Balaban J connectivity index is 1.44. The summed E-state index contributed by atoms with van der Waals surface area (Å²) in [6.45, 7) is 1.15. The van der Waals surface area contributed by atoms with Crippen molar-refractivity contribution in [1.29, 1.82) is 0 Å². The topological polar surface area (TPSA) is 126 Å². The van der Waals surface area contributed by atoms with Gasteiger partial charge in [-0.3, -0.25) is 9.55 Å². The lowest BCUT2D eigenvalue weighted by Gasteiger charge is -2.38. The molecule has 0 saturated carbocycles. The van der Waals surface area contributed by atoms with Crippen molar-refractivity contribution in [2.24, 2.45) is 0 Å². The number of piperidine rings is 1. The molecule has 4 N–H and O–H groups in total. The lowest BCUT2D eigenvalue weighted by Crippen LogP contribution is -2.43. The summed E-state index contributed by atoms with van der Waals surface area (Å²) in [4.78, 5) is 19.7. The summed E-state index contributed by atoms with van der Waals surface area (Å²) in [7, 11) is 0. The first-order valence-corrected chi connectivity index (χ1v) is 9.71. The van der Waals surface area contributed by atoms with Gasteiger partial charge in [-0.2, -0.15) is 9.97 Å². The summed E-state index contributed by atoms with van der Waals surface area (Å²) < 4.78 is 1.83. The summed E-state index contributed by atoms with van der Waals surface area (Å²) in [5.41, 5.74) is 8.02. The molecule has 4 aromatic rings. The van der Waals surface area contributed by atoms with Crippen molar-refractivity contribution in [2.45, 2.75) is 18.4 Å². The van der Waals surface area contributed by atoms with Gasteiger partial charge in [0.2, 0.25) is 5.95 Å². The molecule has 1 aliphatic heterocycles. The molecule has 0 aliphatic carbocycles. The molecule has 0 bridgehead atoms. The molecule has 1 aromatic carbocycles. The normalized spacial score (nSPS) is 16.1. The van der Waals surface area contributed by atoms with Gasteiger partial charge < -0.3 is 20.8 Å². The number of rotatable bonds is 3. The highest BCUT2D eigenvalue weighted by atomic mass is 16.3. The molecule has 0 unspecified atom stereocenters. The molecule has 152 valence electrons. The zero-order chi connectivity index (χ0) is 20.7. The molecular formula is C21H21N7O2. The number of aromatic hydroxyl groups is 1. The molecule has 30 heavy (non-hydrogen) atoms. The van der Waals surface area contributed by atoms with Gasteiger partial charge >= 0.3 is 0 Å². The zero-order valence-corrected chi connectivity index (χ0v) is 16.2. The molecule has 4 heterocycles. The number of phenols is 1. The van der Waals surface area contributed by atoms with E-state index < -0.39 is 5.60 Å². The van der Waals surface area contributed by atoms with E-state index in [2.05, 4.69) is 15.0 Å². The van der Waals surface area contributed by atoms with E-state index in [9.17, 15) is 10.2 Å². The van der Waals surface area contributed by atoms with Crippen molar-refractivity contribution < 1.29 is 10.2 Å². The Morgan fingerprint density at radius 2 is 1.80 bits per heavy atom. The Hall–Kier alpha value is -3.72. The van der Waals surface area contributed by atoms with E-state index in [1.54, 1.807) is 43.0 Å². The first kappa shape index (κ1) is 18.3. The van der Waals surface area contributed by atoms with Gasteiger partial charge in [0, 0.05) is 19.3 Å². The van der Waals surface area contributed by atoms with Crippen molar-refractivity contribution in [3.05, 3.63) is 60.7 Å². The van der Waals surface area contributed by atoms with Crippen LogP contribution in [-0.4, -0.2) is 47.8 Å². The minimum Gasteiger partial charge on any atom is -0.508 e. The Morgan fingerprint density at radius 3 is 2.50 bits per heavy atom. The molecule has 0 radical (unpaired) electrons. The van der Waals surface area contributed by atoms with Crippen molar-refractivity contribution in [3.63, 3.8) is 0 Å². The third-order valence-corrected chi connectivity index (χ3v) is 5.61. The van der Waals surface area contributed by atoms with Gasteiger partial charge in [-0.1, -0.05) is 12.1 Å². The molecule has 0 amide bonds. The maximum Gasteiger partial charge on any atom is 0.229 e. The number of nitrogen functional groups attached to an aromatic ring is 1. The van der Waals surface area contributed by atoms with Crippen molar-refractivity contribution >= 4 is 22.9 Å². The molecule has 0 spiro atoms. The number of imidazole rings is 1. The van der Waals surface area contributed by atoms with Crippen LogP contribution < -0.4 is 10.6 Å². The van der Waals surface area contributed by atoms with E-state index in [1.807, 2.05) is 21.6 Å². The minimum absolute atomic E-state index is 0.183. The molecule has 1 aliphatic rings. The second-order valence-corrected chi connectivity index (χ2v) is 7.47. The smallest absolute Gasteiger partial charge is 0.229 e. The summed E-state index contributed by atoms with van der Waals surface area (Å²) in [5, 5.41) is 20.6. The van der Waals surface area contributed by atoms with Crippen molar-refractivity contribution in [3.8, 4) is 11.4 Å². The van der Waals surface area contributed by atoms with Crippen LogP contribution in [0.1, 0.15) is 18.4 Å². The van der Waals surface area contributed by atoms with Crippen molar-refractivity contribution in [1.82, 2.24) is 24.5 Å². The second kappa shape index (κ2) is 6.96. The molecule has 1 fully saturated rings. The Kier molecular flexibility index (Phi) is 4.25. The van der Waals surface area contributed by atoms with E-state index in [1.165, 1.54) is 0 Å². The number of aliphatic hydroxyl groups is 1. The number of phenolic OH excluding ortho intramolecular Hbond substituents is 1. The maximum absolute atomic E-state index is 11.1. The average molecular weight is 403 g/mol. The Bertz CT molecular complexity index is 1180. The van der Waals surface area contributed by atoms with Gasteiger partial charge in [0.25, 0.3) is 0 Å². The van der Waals surface area contributed by atoms with Crippen LogP contribution in [0.5, 0.6) is 5.75 Å². The highest BCUT2D eigenvalue weighted by molar-refractivity contribution is 5.84. The van der Waals surface area contributed by atoms with E-state index in [-0.39, 0.29) is 5.75 Å². The lowest BCUT2D eigenvalue weighted by molar-refractivity contribution is 0.0115. The first-order valence-electron chi connectivity index (χ1n) is 9.71. The number of hydrogen-bond acceptors (Lipinski definition) is 8. The number of anilines is 2. The third-order valence-electron chi connectivity index (χ3n) is 5.61. The first-order chi connectivity index (χ1) is 14.5. The number of nitrogens with two attached hydrogens (primary N) is 1. The molecule has 3 aromatic heterocycles. The number of aromatic nitrogens is 5. The number of hydrogen-bond donors (Lipinski definition) is 3. The summed E-state index contributed by atoms with van der Waals surface area (Å²) >= 11 is 0. The largest absolute Gasteiger partial charge is 0.508 e. The monoisotopic (exact) mass is 403 g/mol. The van der Waals surface area contributed by atoms with Crippen LogP contribution in [-0.2, 0) is 5.60 Å². The van der Waals surface area contributed by atoms with Gasteiger partial charge in [0.1, 0.15) is 12.1 Å². The second-order valence-electron chi connectivity index (χ2n) is 7.47. The van der Waals surface area contributed by atoms with E-state index >= 15 is 0 Å². The van der Waals surface area contributed by atoms with Crippen LogP contribution in [0.4, 0.5) is 11.8 Å². The van der Waals surface area contributed by atoms with E-state index in [4.69, 9.17) is 10.7 Å². The minimum atomic E-state index is -0.947.